The number of rotatable bonds is 6. The average Bonchev–Trinajstić information content (AvgIpc) is 2.76. The summed E-state index contributed by atoms with van der Waals surface area (Å²) in [7, 11) is 1.55. The molecule has 29 heavy (non-hydrogen) atoms. The summed E-state index contributed by atoms with van der Waals surface area (Å²) >= 11 is 0. The highest BCUT2D eigenvalue weighted by atomic mass is 16.7. The predicted octanol–water partition coefficient (Wildman–Crippen LogP) is 5.11. The maximum absolute atomic E-state index is 12.0. The Balaban J connectivity index is 1.56. The van der Waals surface area contributed by atoms with Crippen LogP contribution < -0.4 is 10.2 Å². The second kappa shape index (κ2) is 9.27. The molecule has 7 heteroatoms. The third-order valence-corrected chi connectivity index (χ3v) is 3.98. The highest BCUT2D eigenvalue weighted by molar-refractivity contribution is 5.94. The first-order valence-corrected chi connectivity index (χ1v) is 8.79. The van der Waals surface area contributed by atoms with Crippen molar-refractivity contribution in [1.29, 1.82) is 0 Å². The summed E-state index contributed by atoms with van der Waals surface area (Å²) in [5, 5.41) is 7.64. The Hall–Kier alpha value is -4.00. The largest absolute Gasteiger partial charge is 0.497 e. The molecule has 1 amide bonds. The second-order valence-electron chi connectivity index (χ2n) is 6.14. The van der Waals surface area contributed by atoms with Gasteiger partial charge in [-0.15, -0.1) is 10.2 Å². The summed E-state index contributed by atoms with van der Waals surface area (Å²) in [4.78, 5) is 29.2. The first-order valence-electron chi connectivity index (χ1n) is 8.79. The van der Waals surface area contributed by atoms with Gasteiger partial charge >= 0.3 is 5.97 Å². The maximum atomic E-state index is 12.0. The number of azo groups is 1. The predicted molar refractivity (Wildman–Crippen MR) is 108 cm³/mol. The zero-order valence-corrected chi connectivity index (χ0v) is 16.0. The van der Waals surface area contributed by atoms with E-state index in [9.17, 15) is 9.59 Å². The van der Waals surface area contributed by atoms with Gasteiger partial charge in [0.1, 0.15) is 5.75 Å². The highest BCUT2D eigenvalue weighted by Crippen LogP contribution is 2.18. The molecule has 146 valence electrons. The van der Waals surface area contributed by atoms with Gasteiger partial charge in [-0.05, 0) is 67.6 Å². The quantitative estimate of drug-likeness (QED) is 0.467. The Morgan fingerprint density at radius 1 is 0.897 bits per heavy atom. The van der Waals surface area contributed by atoms with E-state index in [4.69, 9.17) is 9.57 Å². The summed E-state index contributed by atoms with van der Waals surface area (Å²) in [6, 6.07) is 20.3. The molecular formula is C22H19N3O4. The number of methoxy groups -OCH3 is 1. The van der Waals surface area contributed by atoms with E-state index in [2.05, 4.69) is 15.7 Å². The molecule has 1 N–H and O–H groups in total. The van der Waals surface area contributed by atoms with E-state index in [0.717, 1.165) is 5.56 Å². The van der Waals surface area contributed by atoms with Crippen molar-refractivity contribution >= 4 is 23.3 Å². The third kappa shape index (κ3) is 5.49. The molecule has 0 aliphatic rings. The van der Waals surface area contributed by atoms with Crippen molar-refractivity contribution in [2.45, 2.75) is 6.92 Å². The lowest BCUT2D eigenvalue weighted by Crippen LogP contribution is -2.10. The molecule has 0 unspecified atom stereocenters. The van der Waals surface area contributed by atoms with Gasteiger partial charge in [0, 0.05) is 5.56 Å². The molecular weight excluding hydrogens is 370 g/mol. The molecule has 0 aromatic heterocycles. The SMILES string of the molecule is COc1ccc(C(=O)N=Nc2ccc(NOC(=O)c3cccc(C)c3)cc2)cc1. The molecule has 0 aliphatic carbocycles. The van der Waals surface area contributed by atoms with Crippen molar-refractivity contribution in [3.63, 3.8) is 0 Å². The van der Waals surface area contributed by atoms with Crippen molar-refractivity contribution in [3.8, 4) is 5.75 Å². The molecule has 0 saturated carbocycles. The van der Waals surface area contributed by atoms with Crippen LogP contribution in [0.25, 0.3) is 0 Å². The van der Waals surface area contributed by atoms with E-state index in [1.165, 1.54) is 0 Å². The van der Waals surface area contributed by atoms with Crippen LogP contribution in [0.5, 0.6) is 5.75 Å². The van der Waals surface area contributed by atoms with E-state index in [-0.39, 0.29) is 0 Å². The smallest absolute Gasteiger partial charge is 0.362 e. The molecule has 0 fully saturated rings. The number of carbonyl (C=O) groups is 2. The summed E-state index contributed by atoms with van der Waals surface area (Å²) in [6.45, 7) is 1.90. The lowest BCUT2D eigenvalue weighted by Gasteiger charge is -2.07. The van der Waals surface area contributed by atoms with Gasteiger partial charge in [-0.2, -0.15) is 0 Å². The van der Waals surface area contributed by atoms with Crippen LogP contribution in [-0.2, 0) is 4.84 Å². The monoisotopic (exact) mass is 389 g/mol. The molecule has 3 rings (SSSR count). The molecule has 0 bridgehead atoms. The van der Waals surface area contributed by atoms with Gasteiger partial charge in [-0.25, -0.2) is 10.3 Å². The van der Waals surface area contributed by atoms with Gasteiger partial charge in [0.25, 0.3) is 5.91 Å². The van der Waals surface area contributed by atoms with Crippen molar-refractivity contribution < 1.29 is 19.2 Å². The Labute approximate surface area is 168 Å². The topological polar surface area (TPSA) is 89.3 Å². The molecule has 0 heterocycles. The molecule has 0 spiro atoms. The number of nitrogens with one attached hydrogen (secondary N) is 1. The van der Waals surface area contributed by atoms with Crippen LogP contribution >= 0.6 is 0 Å². The molecule has 0 aliphatic heterocycles. The van der Waals surface area contributed by atoms with Gasteiger partial charge in [-0.3, -0.25) is 4.79 Å². The molecule has 0 radical (unpaired) electrons. The van der Waals surface area contributed by atoms with Crippen molar-refractivity contribution in [3.05, 3.63) is 89.5 Å². The molecule has 3 aromatic rings. The number of ether oxygens (including phenoxy) is 1. The fourth-order valence-corrected chi connectivity index (χ4v) is 2.43. The minimum absolute atomic E-state index is 0.413. The summed E-state index contributed by atoms with van der Waals surface area (Å²) < 4.78 is 5.05. The second-order valence-corrected chi connectivity index (χ2v) is 6.14. The van der Waals surface area contributed by atoms with Gasteiger partial charge < -0.3 is 9.57 Å². The maximum Gasteiger partial charge on any atom is 0.362 e. The van der Waals surface area contributed by atoms with Crippen molar-refractivity contribution in [1.82, 2.24) is 0 Å². The number of hydrogen-bond acceptors (Lipinski definition) is 6. The number of benzene rings is 3. The standard InChI is InChI=1S/C22H19N3O4/c1-15-4-3-5-17(14-15)22(27)29-25-19-10-8-18(9-11-19)23-24-21(26)16-6-12-20(28-2)13-7-16/h3-14,25H,1-2H3. The fraction of sp³-hybridized carbons (Fsp3) is 0.0909. The van der Waals surface area contributed by atoms with Gasteiger partial charge in [0.2, 0.25) is 0 Å². The minimum Gasteiger partial charge on any atom is -0.497 e. The van der Waals surface area contributed by atoms with Gasteiger partial charge in [0.05, 0.1) is 24.0 Å². The van der Waals surface area contributed by atoms with Gasteiger partial charge in [0.15, 0.2) is 0 Å². The van der Waals surface area contributed by atoms with Crippen molar-refractivity contribution in [2.75, 3.05) is 12.6 Å². The van der Waals surface area contributed by atoms with Crippen LogP contribution in [0.4, 0.5) is 11.4 Å². The zero-order chi connectivity index (χ0) is 20.6. The van der Waals surface area contributed by atoms with Crippen LogP contribution in [0, 0.1) is 6.92 Å². The molecule has 7 nitrogen and oxygen atoms in total. The summed E-state index contributed by atoms with van der Waals surface area (Å²) in [6.07, 6.45) is 0. The highest BCUT2D eigenvalue weighted by Gasteiger charge is 2.08. The minimum atomic E-state index is -0.484. The average molecular weight is 389 g/mol. The Kier molecular flexibility index (Phi) is 6.32. The van der Waals surface area contributed by atoms with Crippen LogP contribution in [0.2, 0.25) is 0 Å². The summed E-state index contributed by atoms with van der Waals surface area (Å²) in [5.41, 5.74) is 5.48. The number of aryl methyl sites for hydroxylation is 1. The Morgan fingerprint density at radius 3 is 2.28 bits per heavy atom. The first-order chi connectivity index (χ1) is 14.0. The van der Waals surface area contributed by atoms with E-state index in [0.29, 0.717) is 28.3 Å². The number of carbonyl (C=O) groups excluding carboxylic acids is 2. The molecule has 3 aromatic carbocycles. The first kappa shape index (κ1) is 19.8. The van der Waals surface area contributed by atoms with Crippen LogP contribution in [-0.4, -0.2) is 19.0 Å². The molecule has 0 atom stereocenters. The fourth-order valence-electron chi connectivity index (χ4n) is 2.43. The summed E-state index contributed by atoms with van der Waals surface area (Å²) in [5.74, 6) is -0.283. The van der Waals surface area contributed by atoms with Gasteiger partial charge in [-0.1, -0.05) is 17.7 Å². The Morgan fingerprint density at radius 2 is 1.62 bits per heavy atom. The normalized spacial score (nSPS) is 10.6. The lowest BCUT2D eigenvalue weighted by molar-refractivity contribution is 0.0596. The van der Waals surface area contributed by atoms with Crippen LogP contribution in [0.15, 0.2) is 83.0 Å². The zero-order valence-electron chi connectivity index (χ0n) is 16.0. The third-order valence-electron chi connectivity index (χ3n) is 3.98. The number of amides is 1. The van der Waals surface area contributed by atoms with E-state index in [1.54, 1.807) is 73.8 Å². The Bertz CT molecular complexity index is 1030. The lowest BCUT2D eigenvalue weighted by atomic mass is 10.1. The van der Waals surface area contributed by atoms with E-state index >= 15 is 0 Å². The number of anilines is 1. The number of hydrogen-bond donors (Lipinski definition) is 1. The number of nitrogens with zero attached hydrogens (tertiary/aromatic N) is 2. The van der Waals surface area contributed by atoms with Crippen LogP contribution in [0.3, 0.4) is 0 Å². The van der Waals surface area contributed by atoms with Crippen molar-refractivity contribution in [2.24, 2.45) is 10.2 Å². The van der Waals surface area contributed by atoms with Crippen LogP contribution in [0.1, 0.15) is 26.3 Å². The molecule has 0 saturated heterocycles. The van der Waals surface area contributed by atoms with E-state index in [1.807, 2.05) is 13.0 Å². The van der Waals surface area contributed by atoms with E-state index < -0.39 is 11.9 Å².